The first-order valence-corrected chi connectivity index (χ1v) is 11.7. The molecule has 1 amide bonds. The summed E-state index contributed by atoms with van der Waals surface area (Å²) in [5, 5.41) is 2.58. The van der Waals surface area contributed by atoms with Gasteiger partial charge in [-0.2, -0.15) is 0 Å². The molecule has 6 nitrogen and oxygen atoms in total. The number of unbranched alkanes of at least 4 members (excludes halogenated alkanes) is 2. The SMILES string of the molecule is CNC(=O)CN(CC=O)CCCCCSNC(C)c1ccc(F)c(OCC2CC2)c1. The van der Waals surface area contributed by atoms with Crippen LogP contribution in [0, 0.1) is 11.7 Å². The average molecular weight is 440 g/mol. The van der Waals surface area contributed by atoms with Gasteiger partial charge in [-0.05, 0) is 62.8 Å². The van der Waals surface area contributed by atoms with Crippen molar-refractivity contribution in [2.24, 2.45) is 5.92 Å². The molecule has 30 heavy (non-hydrogen) atoms. The molecule has 168 valence electrons. The van der Waals surface area contributed by atoms with Gasteiger partial charge in [0.15, 0.2) is 11.6 Å². The van der Waals surface area contributed by atoms with E-state index < -0.39 is 0 Å². The largest absolute Gasteiger partial charge is 0.490 e. The normalized spacial score (nSPS) is 14.5. The van der Waals surface area contributed by atoms with Gasteiger partial charge >= 0.3 is 0 Å². The lowest BCUT2D eigenvalue weighted by molar-refractivity contribution is -0.122. The highest BCUT2D eigenvalue weighted by atomic mass is 32.2. The van der Waals surface area contributed by atoms with E-state index in [1.807, 2.05) is 4.90 Å². The molecule has 0 heterocycles. The third-order valence-corrected chi connectivity index (χ3v) is 6.10. The van der Waals surface area contributed by atoms with Crippen LogP contribution in [0.25, 0.3) is 0 Å². The number of nitrogens with one attached hydrogen (secondary N) is 2. The Balaban J connectivity index is 1.61. The lowest BCUT2D eigenvalue weighted by Crippen LogP contribution is -2.37. The zero-order chi connectivity index (χ0) is 21.8. The van der Waals surface area contributed by atoms with E-state index in [1.54, 1.807) is 31.1 Å². The van der Waals surface area contributed by atoms with Gasteiger partial charge in [0.2, 0.25) is 5.91 Å². The number of carbonyl (C=O) groups is 2. The van der Waals surface area contributed by atoms with Gasteiger partial charge in [0.25, 0.3) is 0 Å². The number of hydrogen-bond acceptors (Lipinski definition) is 6. The lowest BCUT2D eigenvalue weighted by atomic mass is 10.1. The summed E-state index contributed by atoms with van der Waals surface area (Å²) < 4.78 is 23.0. The van der Waals surface area contributed by atoms with Crippen molar-refractivity contribution in [3.8, 4) is 5.75 Å². The minimum absolute atomic E-state index is 0.0764. The maximum atomic E-state index is 13.9. The molecule has 2 N–H and O–H groups in total. The number of nitrogens with zero attached hydrogens (tertiary/aromatic N) is 1. The number of benzene rings is 1. The summed E-state index contributed by atoms with van der Waals surface area (Å²) in [7, 11) is 1.60. The smallest absolute Gasteiger partial charge is 0.233 e. The molecule has 0 bridgehead atoms. The fourth-order valence-corrected chi connectivity index (χ4v) is 3.81. The summed E-state index contributed by atoms with van der Waals surface area (Å²) in [5.74, 6) is 1.51. The average Bonchev–Trinajstić information content (AvgIpc) is 3.56. The van der Waals surface area contributed by atoms with Crippen LogP contribution in [0.4, 0.5) is 4.39 Å². The molecule has 1 aromatic carbocycles. The number of hydrogen-bond donors (Lipinski definition) is 2. The van der Waals surface area contributed by atoms with Crippen molar-refractivity contribution in [3.63, 3.8) is 0 Å². The van der Waals surface area contributed by atoms with Gasteiger partial charge in [0, 0.05) is 18.8 Å². The van der Waals surface area contributed by atoms with Crippen LogP contribution in [0.15, 0.2) is 18.2 Å². The molecule has 8 heteroatoms. The number of rotatable bonds is 16. The van der Waals surface area contributed by atoms with E-state index in [2.05, 4.69) is 17.0 Å². The number of halogens is 1. The van der Waals surface area contributed by atoms with E-state index in [0.29, 0.717) is 18.3 Å². The van der Waals surface area contributed by atoms with Crippen molar-refractivity contribution < 1.29 is 18.7 Å². The van der Waals surface area contributed by atoms with Gasteiger partial charge in [-0.3, -0.25) is 14.4 Å². The molecule has 1 atom stereocenters. The minimum atomic E-state index is -0.306. The predicted octanol–water partition coefficient (Wildman–Crippen LogP) is 3.33. The second-order valence-electron chi connectivity index (χ2n) is 7.77. The quantitative estimate of drug-likeness (QED) is 0.234. The van der Waals surface area contributed by atoms with Crippen molar-refractivity contribution in [2.75, 3.05) is 39.0 Å². The number of aldehydes is 1. The first-order chi connectivity index (χ1) is 14.5. The van der Waals surface area contributed by atoms with Crippen molar-refractivity contribution >= 4 is 24.1 Å². The molecule has 1 aromatic rings. The number of ether oxygens (including phenoxy) is 1. The van der Waals surface area contributed by atoms with Crippen LogP contribution < -0.4 is 14.8 Å². The van der Waals surface area contributed by atoms with Gasteiger partial charge in [0.05, 0.1) is 19.7 Å². The Labute approximate surface area is 183 Å². The number of amides is 1. The Bertz CT molecular complexity index is 673. The van der Waals surface area contributed by atoms with Crippen molar-refractivity contribution in [1.29, 1.82) is 0 Å². The Hall–Kier alpha value is -1.64. The molecular weight excluding hydrogens is 405 g/mol. The highest BCUT2D eigenvalue weighted by molar-refractivity contribution is 7.97. The number of carbonyl (C=O) groups excluding carboxylic acids is 2. The topological polar surface area (TPSA) is 70.7 Å². The van der Waals surface area contributed by atoms with E-state index in [-0.39, 0.29) is 30.9 Å². The Morgan fingerprint density at radius 3 is 2.87 bits per heavy atom. The summed E-state index contributed by atoms with van der Waals surface area (Å²) in [6.07, 6.45) is 6.21. The fraction of sp³-hybridized carbons (Fsp3) is 0.636. The number of likely N-dealkylation sites (N-methyl/N-ethyl adjacent to an activating group) is 1. The van der Waals surface area contributed by atoms with Gasteiger partial charge in [0.1, 0.15) is 6.29 Å². The maximum absolute atomic E-state index is 13.9. The van der Waals surface area contributed by atoms with Gasteiger partial charge in [-0.1, -0.05) is 24.4 Å². The zero-order valence-corrected chi connectivity index (χ0v) is 18.8. The second kappa shape index (κ2) is 13.6. The van der Waals surface area contributed by atoms with Crippen molar-refractivity contribution in [1.82, 2.24) is 14.9 Å². The molecule has 2 rings (SSSR count). The van der Waals surface area contributed by atoms with Crippen LogP contribution in [0.2, 0.25) is 0 Å². The third-order valence-electron chi connectivity index (χ3n) is 5.09. The molecule has 1 unspecified atom stereocenters. The lowest BCUT2D eigenvalue weighted by Gasteiger charge is -2.18. The monoisotopic (exact) mass is 439 g/mol. The van der Waals surface area contributed by atoms with Crippen LogP contribution >= 0.6 is 11.9 Å². The van der Waals surface area contributed by atoms with E-state index in [0.717, 1.165) is 43.4 Å². The molecule has 0 saturated heterocycles. The minimum Gasteiger partial charge on any atom is -0.490 e. The van der Waals surface area contributed by atoms with Crippen molar-refractivity contribution in [3.05, 3.63) is 29.6 Å². The summed E-state index contributed by atoms with van der Waals surface area (Å²) in [6, 6.07) is 5.16. The summed E-state index contributed by atoms with van der Waals surface area (Å²) in [5.41, 5.74) is 1.01. The fourth-order valence-electron chi connectivity index (χ4n) is 2.95. The summed E-state index contributed by atoms with van der Waals surface area (Å²) in [4.78, 5) is 24.0. The molecule has 0 spiro atoms. The standard InChI is InChI=1S/C22H34FN3O3S/c1-17(19-8-9-20(23)21(14-19)29-16-18-6-7-18)25-30-13-5-3-4-10-26(11-12-27)15-22(28)24-2/h8-9,12,14,17-18,25H,3-7,10-11,13,15-16H2,1-2H3,(H,24,28). The van der Waals surface area contributed by atoms with Crippen LogP contribution in [0.1, 0.15) is 50.6 Å². The second-order valence-corrected chi connectivity index (χ2v) is 8.70. The first-order valence-electron chi connectivity index (χ1n) is 10.7. The summed E-state index contributed by atoms with van der Waals surface area (Å²) >= 11 is 1.66. The van der Waals surface area contributed by atoms with Crippen LogP contribution in [0.5, 0.6) is 5.75 Å². The highest BCUT2D eigenvalue weighted by Gasteiger charge is 2.22. The molecule has 1 aliphatic rings. The molecule has 0 aromatic heterocycles. The first kappa shape index (κ1) is 24.6. The molecule has 1 saturated carbocycles. The van der Waals surface area contributed by atoms with E-state index in [4.69, 9.17) is 4.74 Å². The molecular formula is C22H34FN3O3S. The van der Waals surface area contributed by atoms with Crippen LogP contribution in [-0.2, 0) is 9.59 Å². The molecule has 1 aliphatic carbocycles. The Kier molecular flexibility index (Phi) is 11.2. The van der Waals surface area contributed by atoms with Crippen LogP contribution in [-0.4, -0.2) is 56.1 Å². The summed E-state index contributed by atoms with van der Waals surface area (Å²) in [6.45, 7) is 3.93. The maximum Gasteiger partial charge on any atom is 0.233 e. The van der Waals surface area contributed by atoms with Gasteiger partial charge < -0.3 is 14.8 Å². The van der Waals surface area contributed by atoms with Crippen molar-refractivity contribution in [2.45, 2.75) is 45.1 Å². The highest BCUT2D eigenvalue weighted by Crippen LogP contribution is 2.31. The Morgan fingerprint density at radius 1 is 1.37 bits per heavy atom. The predicted molar refractivity (Wildman–Crippen MR) is 119 cm³/mol. The zero-order valence-electron chi connectivity index (χ0n) is 18.0. The molecule has 0 aliphatic heterocycles. The van der Waals surface area contributed by atoms with Gasteiger partial charge in [-0.25, -0.2) is 4.39 Å². The van der Waals surface area contributed by atoms with Crippen LogP contribution in [0.3, 0.4) is 0 Å². The van der Waals surface area contributed by atoms with E-state index in [1.165, 1.54) is 18.9 Å². The van der Waals surface area contributed by atoms with Gasteiger partial charge in [-0.15, -0.1) is 0 Å². The third kappa shape index (κ3) is 9.45. The molecule has 0 radical (unpaired) electrons. The van der Waals surface area contributed by atoms with E-state index in [9.17, 15) is 14.0 Å². The Morgan fingerprint density at radius 2 is 2.17 bits per heavy atom. The molecule has 1 fully saturated rings. The van der Waals surface area contributed by atoms with E-state index >= 15 is 0 Å².